The van der Waals surface area contributed by atoms with Gasteiger partial charge in [0.25, 0.3) is 0 Å². The molecule has 158 valence electrons. The van der Waals surface area contributed by atoms with E-state index in [-0.39, 0.29) is 0 Å². The van der Waals surface area contributed by atoms with Crippen LogP contribution in [-0.2, 0) is 13.1 Å². The quantitative estimate of drug-likeness (QED) is 0.279. The molecule has 0 aliphatic heterocycles. The fraction of sp³-hybridized carbons (Fsp3) is 0.160. The number of rotatable bonds is 7. The first-order chi connectivity index (χ1) is 15.1. The third-order valence-corrected chi connectivity index (χ3v) is 5.85. The Bertz CT molecular complexity index is 1130. The zero-order valence-corrected chi connectivity index (χ0v) is 19.7. The second-order valence-electron chi connectivity index (χ2n) is 7.18. The Morgan fingerprint density at radius 3 is 1.87 bits per heavy atom. The number of halogens is 2. The highest BCUT2D eigenvalue weighted by atomic mass is 79.9. The third kappa shape index (κ3) is 5.12. The van der Waals surface area contributed by atoms with Crippen LogP contribution in [-0.4, -0.2) is 19.2 Å². The summed E-state index contributed by atoms with van der Waals surface area (Å²) in [7, 11) is 3.34. The largest absolute Gasteiger partial charge is 0.497 e. The van der Waals surface area contributed by atoms with Crippen molar-refractivity contribution in [1.82, 2.24) is 4.98 Å². The summed E-state index contributed by atoms with van der Waals surface area (Å²) in [6.07, 6.45) is 0. The van der Waals surface area contributed by atoms with Crippen LogP contribution in [0, 0.1) is 0 Å². The smallest absolute Gasteiger partial charge is 0.148 e. The summed E-state index contributed by atoms with van der Waals surface area (Å²) in [5, 5.41) is 1.63. The SMILES string of the molecule is COc1ccc(CN(Cc2ccc(OC)cc2)c2nc3cc(Br)ccc3cc2Cl)cc1. The van der Waals surface area contributed by atoms with E-state index in [4.69, 9.17) is 26.1 Å². The van der Waals surface area contributed by atoms with Crippen LogP contribution in [0.4, 0.5) is 5.82 Å². The molecule has 0 fully saturated rings. The zero-order chi connectivity index (χ0) is 21.8. The lowest BCUT2D eigenvalue weighted by atomic mass is 10.1. The summed E-state index contributed by atoms with van der Waals surface area (Å²) in [6, 6.07) is 24.1. The Morgan fingerprint density at radius 1 is 0.806 bits per heavy atom. The van der Waals surface area contributed by atoms with Gasteiger partial charge in [0.1, 0.15) is 17.3 Å². The molecule has 0 unspecified atom stereocenters. The highest BCUT2D eigenvalue weighted by Gasteiger charge is 2.16. The van der Waals surface area contributed by atoms with E-state index in [1.807, 2.05) is 48.5 Å². The molecule has 4 rings (SSSR count). The summed E-state index contributed by atoms with van der Waals surface area (Å²) >= 11 is 10.2. The third-order valence-electron chi connectivity index (χ3n) is 5.08. The molecular formula is C25H22BrClN2O2. The number of anilines is 1. The topological polar surface area (TPSA) is 34.6 Å². The van der Waals surface area contributed by atoms with Crippen molar-refractivity contribution >= 4 is 44.3 Å². The Kier molecular flexibility index (Phi) is 6.64. The normalized spacial score (nSPS) is 10.8. The fourth-order valence-corrected chi connectivity index (χ4v) is 4.06. The van der Waals surface area contributed by atoms with Crippen LogP contribution in [0.15, 0.2) is 77.3 Å². The molecular weight excluding hydrogens is 476 g/mol. The lowest BCUT2D eigenvalue weighted by molar-refractivity contribution is 0.414. The van der Waals surface area contributed by atoms with Gasteiger partial charge < -0.3 is 14.4 Å². The molecule has 0 amide bonds. The minimum absolute atomic E-state index is 0.622. The van der Waals surface area contributed by atoms with Crippen LogP contribution in [0.5, 0.6) is 11.5 Å². The van der Waals surface area contributed by atoms with Crippen LogP contribution in [0.2, 0.25) is 5.02 Å². The fourth-order valence-electron chi connectivity index (χ4n) is 3.43. The van der Waals surface area contributed by atoms with Gasteiger partial charge in [-0.25, -0.2) is 4.98 Å². The van der Waals surface area contributed by atoms with E-state index in [0.29, 0.717) is 18.1 Å². The summed E-state index contributed by atoms with van der Waals surface area (Å²) in [4.78, 5) is 7.10. The van der Waals surface area contributed by atoms with Gasteiger partial charge in [-0.3, -0.25) is 0 Å². The first-order valence-corrected chi connectivity index (χ1v) is 11.0. The van der Waals surface area contributed by atoms with Crippen molar-refractivity contribution in [2.75, 3.05) is 19.1 Å². The molecule has 0 bridgehead atoms. The minimum Gasteiger partial charge on any atom is -0.497 e. The van der Waals surface area contributed by atoms with Crippen molar-refractivity contribution in [2.24, 2.45) is 0 Å². The number of pyridine rings is 1. The monoisotopic (exact) mass is 496 g/mol. The van der Waals surface area contributed by atoms with Gasteiger partial charge in [0, 0.05) is 22.9 Å². The van der Waals surface area contributed by atoms with E-state index < -0.39 is 0 Å². The van der Waals surface area contributed by atoms with Crippen molar-refractivity contribution < 1.29 is 9.47 Å². The number of methoxy groups -OCH3 is 2. The maximum atomic E-state index is 6.71. The second kappa shape index (κ2) is 9.58. The minimum atomic E-state index is 0.622. The van der Waals surface area contributed by atoms with Gasteiger partial charge in [-0.05, 0) is 53.6 Å². The number of aromatic nitrogens is 1. The molecule has 0 spiro atoms. The van der Waals surface area contributed by atoms with Crippen molar-refractivity contribution in [1.29, 1.82) is 0 Å². The predicted molar refractivity (Wildman–Crippen MR) is 130 cm³/mol. The molecule has 0 saturated heterocycles. The van der Waals surface area contributed by atoms with E-state index in [9.17, 15) is 0 Å². The van der Waals surface area contributed by atoms with Crippen molar-refractivity contribution in [2.45, 2.75) is 13.1 Å². The van der Waals surface area contributed by atoms with Crippen molar-refractivity contribution in [3.63, 3.8) is 0 Å². The average Bonchev–Trinajstić information content (AvgIpc) is 2.79. The van der Waals surface area contributed by atoms with Crippen molar-refractivity contribution in [3.05, 3.63) is 93.4 Å². The van der Waals surface area contributed by atoms with Gasteiger partial charge in [0.2, 0.25) is 0 Å². The number of hydrogen-bond acceptors (Lipinski definition) is 4. The summed E-state index contributed by atoms with van der Waals surface area (Å²) in [5.41, 5.74) is 3.17. The number of benzene rings is 3. The van der Waals surface area contributed by atoms with Gasteiger partial charge in [0.05, 0.1) is 24.8 Å². The molecule has 4 nitrogen and oxygen atoms in total. The maximum Gasteiger partial charge on any atom is 0.148 e. The molecule has 3 aromatic carbocycles. The Balaban J connectivity index is 1.72. The molecule has 4 aromatic rings. The first kappa shape index (κ1) is 21.5. The summed E-state index contributed by atoms with van der Waals surface area (Å²) < 4.78 is 11.6. The van der Waals surface area contributed by atoms with Gasteiger partial charge in [0.15, 0.2) is 0 Å². The Hall–Kier alpha value is -2.76. The number of hydrogen-bond donors (Lipinski definition) is 0. The van der Waals surface area contributed by atoms with Crippen LogP contribution in [0.1, 0.15) is 11.1 Å². The van der Waals surface area contributed by atoms with E-state index in [0.717, 1.165) is 43.8 Å². The number of nitrogens with zero attached hydrogens (tertiary/aromatic N) is 2. The molecule has 1 aromatic heterocycles. The molecule has 0 aliphatic rings. The molecule has 6 heteroatoms. The van der Waals surface area contributed by atoms with Crippen LogP contribution < -0.4 is 14.4 Å². The molecule has 31 heavy (non-hydrogen) atoms. The predicted octanol–water partition coefficient (Wildman–Crippen LogP) is 6.87. The standard InChI is InChI=1S/C25H22BrClN2O2/c1-30-21-9-3-17(4-10-21)15-29(16-18-5-11-22(31-2)12-6-18)25-23(27)13-19-7-8-20(26)14-24(19)28-25/h3-14H,15-16H2,1-2H3. The molecule has 0 radical (unpaired) electrons. The summed E-state index contributed by atoms with van der Waals surface area (Å²) in [6.45, 7) is 1.31. The highest BCUT2D eigenvalue weighted by Crippen LogP contribution is 2.31. The maximum absolute atomic E-state index is 6.71. The van der Waals surface area contributed by atoms with Crippen LogP contribution >= 0.6 is 27.5 Å². The van der Waals surface area contributed by atoms with Crippen LogP contribution in [0.25, 0.3) is 10.9 Å². The first-order valence-electron chi connectivity index (χ1n) is 9.82. The van der Waals surface area contributed by atoms with E-state index >= 15 is 0 Å². The molecule has 0 N–H and O–H groups in total. The lowest BCUT2D eigenvalue weighted by Gasteiger charge is -2.25. The average molecular weight is 498 g/mol. The summed E-state index contributed by atoms with van der Waals surface area (Å²) in [5.74, 6) is 2.41. The van der Waals surface area contributed by atoms with Gasteiger partial charge in [-0.1, -0.05) is 57.9 Å². The Morgan fingerprint density at radius 2 is 1.35 bits per heavy atom. The second-order valence-corrected chi connectivity index (χ2v) is 8.51. The zero-order valence-electron chi connectivity index (χ0n) is 17.3. The molecule has 0 aliphatic carbocycles. The molecule has 0 atom stereocenters. The van der Waals surface area contributed by atoms with Gasteiger partial charge >= 0.3 is 0 Å². The van der Waals surface area contributed by atoms with Crippen molar-refractivity contribution in [3.8, 4) is 11.5 Å². The van der Waals surface area contributed by atoms with Crippen LogP contribution in [0.3, 0.4) is 0 Å². The van der Waals surface area contributed by atoms with E-state index in [1.165, 1.54) is 0 Å². The lowest BCUT2D eigenvalue weighted by Crippen LogP contribution is -2.23. The van der Waals surface area contributed by atoms with E-state index in [2.05, 4.69) is 45.1 Å². The Labute approximate surface area is 195 Å². The van der Waals surface area contributed by atoms with Gasteiger partial charge in [-0.2, -0.15) is 0 Å². The molecule has 0 saturated carbocycles. The number of ether oxygens (including phenoxy) is 2. The number of fused-ring (bicyclic) bond motifs is 1. The highest BCUT2D eigenvalue weighted by molar-refractivity contribution is 9.10. The van der Waals surface area contributed by atoms with Gasteiger partial charge in [-0.15, -0.1) is 0 Å². The molecule has 1 heterocycles. The van der Waals surface area contributed by atoms with E-state index in [1.54, 1.807) is 14.2 Å².